The summed E-state index contributed by atoms with van der Waals surface area (Å²) < 4.78 is 11.0. The van der Waals surface area contributed by atoms with Gasteiger partial charge >= 0.3 is 11.9 Å². The van der Waals surface area contributed by atoms with Crippen molar-refractivity contribution >= 4 is 40.6 Å². The van der Waals surface area contributed by atoms with E-state index in [0.29, 0.717) is 17.8 Å². The number of hydrogen-bond donors (Lipinski definition) is 6. The molecule has 3 heterocycles. The molecule has 15 heteroatoms. The Kier molecular flexibility index (Phi) is 9.56. The number of aliphatic carboxylic acids is 1. The van der Waals surface area contributed by atoms with Crippen molar-refractivity contribution in [3.05, 3.63) is 52.1 Å². The summed E-state index contributed by atoms with van der Waals surface area (Å²) in [6, 6.07) is 4.93. The number of nitrogen functional groups attached to an aromatic ring is 1. The molecule has 230 valence electrons. The topological polar surface area (TPSA) is 232 Å². The second kappa shape index (κ2) is 13.1. The lowest BCUT2D eigenvalue weighted by Crippen LogP contribution is -2.41. The lowest BCUT2D eigenvalue weighted by atomic mass is 9.87. The van der Waals surface area contributed by atoms with Crippen LogP contribution in [0.1, 0.15) is 56.1 Å². The number of nitrogens with one attached hydrogen (secondary N) is 3. The van der Waals surface area contributed by atoms with Crippen LogP contribution in [-0.2, 0) is 25.6 Å². The molecule has 0 saturated carbocycles. The number of fused-ring (bicyclic) bond motifs is 1. The van der Waals surface area contributed by atoms with Crippen LogP contribution in [0, 0.1) is 5.41 Å². The maximum absolute atomic E-state index is 12.7. The molecule has 1 aliphatic rings. The number of hydrogen-bond acceptors (Lipinski definition) is 12. The van der Waals surface area contributed by atoms with Crippen LogP contribution in [0.5, 0.6) is 0 Å². The molecule has 0 aliphatic carbocycles. The average molecular weight is 598 g/mol. The minimum absolute atomic E-state index is 0.0534. The summed E-state index contributed by atoms with van der Waals surface area (Å²) in [5.41, 5.74) is 6.33. The van der Waals surface area contributed by atoms with Crippen LogP contribution in [0.15, 0.2) is 35.3 Å². The molecular formula is C28H35N7O8. The molecule has 4 unspecified atom stereocenters. The zero-order chi connectivity index (χ0) is 31.3. The number of esters is 1. The molecule has 7 N–H and O–H groups in total. The zero-order valence-electron chi connectivity index (χ0n) is 24.0. The van der Waals surface area contributed by atoms with Crippen molar-refractivity contribution in [1.82, 2.24) is 25.3 Å². The Morgan fingerprint density at radius 1 is 1.21 bits per heavy atom. The number of nitrogens with two attached hydrogens (primary N) is 1. The lowest BCUT2D eigenvalue weighted by Gasteiger charge is -2.26. The van der Waals surface area contributed by atoms with Gasteiger partial charge in [-0.05, 0) is 36.1 Å². The molecule has 0 spiro atoms. The minimum Gasteiger partial charge on any atom is -0.480 e. The van der Waals surface area contributed by atoms with E-state index in [9.17, 15) is 29.4 Å². The van der Waals surface area contributed by atoms with Crippen molar-refractivity contribution in [2.75, 3.05) is 17.7 Å². The van der Waals surface area contributed by atoms with Gasteiger partial charge in [-0.1, -0.05) is 20.8 Å². The van der Waals surface area contributed by atoms with Crippen molar-refractivity contribution in [2.24, 2.45) is 5.41 Å². The summed E-state index contributed by atoms with van der Waals surface area (Å²) >= 11 is 0. The molecule has 3 aromatic rings. The molecule has 0 bridgehead atoms. The number of carboxylic acids is 1. The first kappa shape index (κ1) is 31.3. The second-order valence-electron chi connectivity index (χ2n) is 11.3. The number of ether oxygens (including phenoxy) is 2. The first-order valence-electron chi connectivity index (χ1n) is 13.7. The molecule has 1 saturated heterocycles. The average Bonchev–Trinajstić information content (AvgIpc) is 3.34. The highest BCUT2D eigenvalue weighted by Crippen LogP contribution is 2.33. The third kappa shape index (κ3) is 8.23. The molecule has 1 aromatic carbocycles. The van der Waals surface area contributed by atoms with Gasteiger partial charge in [-0.3, -0.25) is 19.4 Å². The number of rotatable bonds is 11. The predicted molar refractivity (Wildman–Crippen MR) is 154 cm³/mol. The maximum Gasteiger partial charge on any atom is 0.326 e. The highest BCUT2D eigenvalue weighted by molar-refractivity contribution is 5.97. The van der Waals surface area contributed by atoms with Crippen LogP contribution in [0.3, 0.4) is 0 Å². The fourth-order valence-corrected chi connectivity index (χ4v) is 4.43. The third-order valence-electron chi connectivity index (χ3n) is 6.95. The third-order valence-corrected chi connectivity index (χ3v) is 6.95. The van der Waals surface area contributed by atoms with Gasteiger partial charge in [-0.15, -0.1) is 0 Å². The van der Waals surface area contributed by atoms with Gasteiger partial charge in [-0.2, -0.15) is 4.98 Å². The summed E-state index contributed by atoms with van der Waals surface area (Å²) in [5, 5.41) is 25.3. The van der Waals surface area contributed by atoms with Crippen LogP contribution in [0.25, 0.3) is 11.2 Å². The maximum atomic E-state index is 12.7. The van der Waals surface area contributed by atoms with Gasteiger partial charge < -0.3 is 36.1 Å². The highest BCUT2D eigenvalue weighted by Gasteiger charge is 2.40. The van der Waals surface area contributed by atoms with Crippen molar-refractivity contribution < 1.29 is 34.1 Å². The molecule has 0 radical (unpaired) electrons. The van der Waals surface area contributed by atoms with Crippen molar-refractivity contribution in [3.63, 3.8) is 0 Å². The quantitative estimate of drug-likeness (QED) is 0.169. The van der Waals surface area contributed by atoms with E-state index in [2.05, 4.69) is 30.6 Å². The normalized spacial score (nSPS) is 19.1. The predicted octanol–water partition coefficient (Wildman–Crippen LogP) is 0.978. The van der Waals surface area contributed by atoms with E-state index in [-0.39, 0.29) is 60.2 Å². The fraction of sp³-hybridized carbons (Fsp3) is 0.464. The summed E-state index contributed by atoms with van der Waals surface area (Å²) in [6.45, 7) is 6.06. The Hall–Kier alpha value is -4.63. The van der Waals surface area contributed by atoms with E-state index in [1.54, 1.807) is 12.1 Å². The van der Waals surface area contributed by atoms with Gasteiger partial charge in [0, 0.05) is 24.1 Å². The van der Waals surface area contributed by atoms with Gasteiger partial charge in [0.05, 0.1) is 30.6 Å². The molecule has 43 heavy (non-hydrogen) atoms. The molecule has 4 rings (SSSR count). The highest BCUT2D eigenvalue weighted by atomic mass is 16.6. The van der Waals surface area contributed by atoms with Crippen LogP contribution in [-0.4, -0.2) is 79.0 Å². The molecule has 2 aromatic heterocycles. The number of carbonyl (C=O) groups excluding carboxylic acids is 2. The summed E-state index contributed by atoms with van der Waals surface area (Å²) in [5.74, 6) is -2.64. The Balaban J connectivity index is 1.25. The number of aromatic amines is 1. The first-order valence-corrected chi connectivity index (χ1v) is 13.7. The van der Waals surface area contributed by atoms with Gasteiger partial charge in [0.2, 0.25) is 5.95 Å². The standard InChI is InChI=1S/C28H35N7O8/c1-28(2,3)20-10-18(36)19(43-20)13-42-21(37)9-8-17(26(40)41)33-24(38)14-4-6-15(7-5-14)30-11-16-12-31-23-22(32-16)25(39)35-27(29)34-23/h4-7,12,17-20,30,36H,8-11,13H2,1-3H3,(H,33,38)(H,40,41)(H3,29,31,34,35,39). The molecule has 4 atom stereocenters. The molecular weight excluding hydrogens is 562 g/mol. The van der Waals surface area contributed by atoms with E-state index in [1.165, 1.54) is 18.3 Å². The number of anilines is 2. The molecule has 1 aliphatic heterocycles. The number of benzene rings is 1. The number of aliphatic hydroxyl groups is 1. The smallest absolute Gasteiger partial charge is 0.326 e. The molecule has 15 nitrogen and oxygen atoms in total. The number of nitrogens with zero attached hydrogens (tertiary/aromatic N) is 3. The number of aromatic nitrogens is 4. The van der Waals surface area contributed by atoms with E-state index in [4.69, 9.17) is 15.2 Å². The van der Waals surface area contributed by atoms with Gasteiger partial charge in [0.25, 0.3) is 11.5 Å². The van der Waals surface area contributed by atoms with Crippen molar-refractivity contribution in [3.8, 4) is 0 Å². The Bertz CT molecular complexity index is 1540. The summed E-state index contributed by atoms with van der Waals surface area (Å²) in [4.78, 5) is 63.4. The number of H-pyrrole nitrogens is 1. The van der Waals surface area contributed by atoms with E-state index >= 15 is 0 Å². The fourth-order valence-electron chi connectivity index (χ4n) is 4.43. The van der Waals surface area contributed by atoms with Crippen LogP contribution < -0.4 is 21.9 Å². The van der Waals surface area contributed by atoms with E-state index in [1.807, 2.05) is 20.8 Å². The van der Waals surface area contributed by atoms with Crippen molar-refractivity contribution in [1.29, 1.82) is 0 Å². The largest absolute Gasteiger partial charge is 0.480 e. The summed E-state index contributed by atoms with van der Waals surface area (Å²) in [7, 11) is 0. The van der Waals surface area contributed by atoms with Crippen LogP contribution in [0.2, 0.25) is 0 Å². The number of carboxylic acid groups (broad SMARTS) is 1. The molecule has 1 amide bonds. The lowest BCUT2D eigenvalue weighted by molar-refractivity contribution is -0.150. The Morgan fingerprint density at radius 2 is 1.93 bits per heavy atom. The number of carbonyl (C=O) groups is 3. The van der Waals surface area contributed by atoms with E-state index < -0.39 is 41.7 Å². The monoisotopic (exact) mass is 597 g/mol. The van der Waals surface area contributed by atoms with E-state index in [0.717, 1.165) is 0 Å². The van der Waals surface area contributed by atoms with Gasteiger partial charge in [0.15, 0.2) is 11.2 Å². The SMILES string of the molecule is CC(C)(C)C1CC(O)C(COC(=O)CCC(NC(=O)c2ccc(NCc3cnc4nc(N)[nH]c(=O)c4n3)cc2)C(=O)O)O1. The minimum atomic E-state index is -1.32. The summed E-state index contributed by atoms with van der Waals surface area (Å²) in [6.07, 6.45) is -0.130. The number of amides is 1. The number of aliphatic hydroxyl groups excluding tert-OH is 1. The van der Waals surface area contributed by atoms with Crippen molar-refractivity contribution in [2.45, 2.75) is 70.9 Å². The van der Waals surface area contributed by atoms with Gasteiger partial charge in [0.1, 0.15) is 18.8 Å². The Morgan fingerprint density at radius 3 is 2.58 bits per heavy atom. The Labute approximate surface area is 246 Å². The second-order valence-corrected chi connectivity index (χ2v) is 11.3. The zero-order valence-corrected chi connectivity index (χ0v) is 24.0. The van der Waals surface area contributed by atoms with Gasteiger partial charge in [-0.25, -0.2) is 14.8 Å². The van der Waals surface area contributed by atoms with Crippen LogP contribution in [0.4, 0.5) is 11.6 Å². The first-order chi connectivity index (χ1) is 20.3. The van der Waals surface area contributed by atoms with Crippen LogP contribution >= 0.6 is 0 Å². The molecule has 1 fully saturated rings.